The molecule has 0 fully saturated rings. The Bertz CT molecular complexity index is 230. The molecule has 0 atom stereocenters. The van der Waals surface area contributed by atoms with E-state index in [2.05, 4.69) is 30.7 Å². The zero-order chi connectivity index (χ0) is 10.4. The van der Waals surface area contributed by atoms with Crippen molar-refractivity contribution in [1.29, 1.82) is 0 Å². The number of hydrogen-bond acceptors (Lipinski definition) is 2. The summed E-state index contributed by atoms with van der Waals surface area (Å²) in [5.41, 5.74) is 2.05. The fourth-order valence-corrected chi connectivity index (χ4v) is 0.876. The maximum atomic E-state index is 4.36. The standard InChI is InChI=1S/C11H20N2/c1-8(2)7-11(12-9(3)4)13-10(5)6/h7,9,12H,1H2,2-6H3/b11-7-. The second-order valence-corrected chi connectivity index (χ2v) is 3.73. The van der Waals surface area contributed by atoms with E-state index in [4.69, 9.17) is 0 Å². The van der Waals surface area contributed by atoms with Crippen LogP contribution < -0.4 is 5.32 Å². The van der Waals surface area contributed by atoms with Gasteiger partial charge in [-0.2, -0.15) is 0 Å². The molecule has 13 heavy (non-hydrogen) atoms. The summed E-state index contributed by atoms with van der Waals surface area (Å²) in [6.45, 7) is 13.9. The van der Waals surface area contributed by atoms with Crippen LogP contribution in [0.15, 0.2) is 29.0 Å². The molecule has 1 N–H and O–H groups in total. The van der Waals surface area contributed by atoms with E-state index in [1.165, 1.54) is 0 Å². The van der Waals surface area contributed by atoms with Gasteiger partial charge in [-0.1, -0.05) is 12.2 Å². The van der Waals surface area contributed by atoms with Crippen LogP contribution >= 0.6 is 0 Å². The van der Waals surface area contributed by atoms with E-state index in [-0.39, 0.29) is 0 Å². The van der Waals surface area contributed by atoms with Crippen molar-refractivity contribution < 1.29 is 0 Å². The van der Waals surface area contributed by atoms with Gasteiger partial charge in [-0.05, 0) is 40.7 Å². The van der Waals surface area contributed by atoms with Gasteiger partial charge in [0.1, 0.15) is 5.82 Å². The average molecular weight is 180 g/mol. The number of rotatable bonds is 4. The van der Waals surface area contributed by atoms with Crippen molar-refractivity contribution in [1.82, 2.24) is 5.32 Å². The summed E-state index contributed by atoms with van der Waals surface area (Å²) in [6.07, 6.45) is 1.95. The first-order chi connectivity index (χ1) is 5.91. The summed E-state index contributed by atoms with van der Waals surface area (Å²) in [7, 11) is 0. The Labute approximate surface area is 81.5 Å². The minimum atomic E-state index is 0.397. The fraction of sp³-hybridized carbons (Fsp3) is 0.545. The van der Waals surface area contributed by atoms with Crippen LogP contribution in [0.4, 0.5) is 0 Å². The van der Waals surface area contributed by atoms with E-state index in [1.807, 2.05) is 26.8 Å². The molecule has 0 aromatic heterocycles. The van der Waals surface area contributed by atoms with Gasteiger partial charge in [0.05, 0.1) is 0 Å². The fourth-order valence-electron chi connectivity index (χ4n) is 0.876. The van der Waals surface area contributed by atoms with Crippen molar-refractivity contribution in [3.63, 3.8) is 0 Å². The van der Waals surface area contributed by atoms with Gasteiger partial charge in [0.15, 0.2) is 0 Å². The number of aliphatic imine (C=N–C) groups is 1. The van der Waals surface area contributed by atoms with Crippen LogP contribution in [0.3, 0.4) is 0 Å². The largest absolute Gasteiger partial charge is 0.368 e. The lowest BCUT2D eigenvalue weighted by molar-refractivity contribution is 0.663. The highest BCUT2D eigenvalue weighted by Crippen LogP contribution is 2.00. The molecule has 0 amide bonds. The van der Waals surface area contributed by atoms with Gasteiger partial charge in [-0.15, -0.1) is 0 Å². The van der Waals surface area contributed by atoms with Crippen molar-refractivity contribution in [3.05, 3.63) is 24.0 Å². The van der Waals surface area contributed by atoms with Crippen molar-refractivity contribution in [2.45, 2.75) is 40.7 Å². The zero-order valence-electron chi connectivity index (χ0n) is 9.31. The Kier molecular flexibility index (Phi) is 5.12. The molecule has 0 spiro atoms. The normalized spacial score (nSPS) is 11.4. The van der Waals surface area contributed by atoms with Crippen molar-refractivity contribution >= 4 is 5.71 Å². The lowest BCUT2D eigenvalue weighted by Gasteiger charge is -2.10. The van der Waals surface area contributed by atoms with Crippen LogP contribution in [0.2, 0.25) is 0 Å². The minimum absolute atomic E-state index is 0.397. The maximum Gasteiger partial charge on any atom is 0.126 e. The third-order valence-corrected chi connectivity index (χ3v) is 1.16. The predicted molar refractivity (Wildman–Crippen MR) is 60.0 cm³/mol. The first kappa shape index (κ1) is 11.9. The molecule has 0 aliphatic heterocycles. The van der Waals surface area contributed by atoms with Gasteiger partial charge in [-0.25, -0.2) is 4.99 Å². The quantitative estimate of drug-likeness (QED) is 0.522. The Morgan fingerprint density at radius 2 is 1.85 bits per heavy atom. The van der Waals surface area contributed by atoms with Gasteiger partial charge in [0, 0.05) is 11.8 Å². The molecule has 0 aromatic carbocycles. The van der Waals surface area contributed by atoms with Gasteiger partial charge in [-0.3, -0.25) is 0 Å². The van der Waals surface area contributed by atoms with Gasteiger partial charge >= 0.3 is 0 Å². The average Bonchev–Trinajstić information content (AvgIpc) is 1.80. The van der Waals surface area contributed by atoms with Gasteiger partial charge in [0.25, 0.3) is 0 Å². The summed E-state index contributed by atoms with van der Waals surface area (Å²) in [6, 6.07) is 0.397. The molecule has 0 radical (unpaired) electrons. The summed E-state index contributed by atoms with van der Waals surface area (Å²) < 4.78 is 0. The van der Waals surface area contributed by atoms with Crippen molar-refractivity contribution in [2.24, 2.45) is 4.99 Å². The van der Waals surface area contributed by atoms with Crippen molar-refractivity contribution in [2.75, 3.05) is 0 Å². The lowest BCUT2D eigenvalue weighted by atomic mass is 10.3. The highest BCUT2D eigenvalue weighted by molar-refractivity contribution is 5.80. The first-order valence-corrected chi connectivity index (χ1v) is 4.57. The highest BCUT2D eigenvalue weighted by atomic mass is 15.0. The molecular formula is C11H20N2. The molecule has 0 aliphatic carbocycles. The smallest absolute Gasteiger partial charge is 0.126 e. The van der Waals surface area contributed by atoms with Gasteiger partial charge in [0.2, 0.25) is 0 Å². The molecule has 74 valence electrons. The Morgan fingerprint density at radius 3 is 2.15 bits per heavy atom. The molecule has 2 nitrogen and oxygen atoms in total. The zero-order valence-corrected chi connectivity index (χ0v) is 9.31. The third-order valence-electron chi connectivity index (χ3n) is 1.16. The monoisotopic (exact) mass is 180 g/mol. The van der Waals surface area contributed by atoms with E-state index in [9.17, 15) is 0 Å². The predicted octanol–water partition coefficient (Wildman–Crippen LogP) is 2.88. The van der Waals surface area contributed by atoms with Crippen LogP contribution in [-0.4, -0.2) is 11.8 Å². The summed E-state index contributed by atoms with van der Waals surface area (Å²) in [5, 5.41) is 3.26. The Hall–Kier alpha value is -1.05. The molecule has 0 saturated carbocycles. The molecule has 0 rings (SSSR count). The number of nitrogens with zero attached hydrogens (tertiary/aromatic N) is 1. The molecule has 2 heteroatoms. The van der Waals surface area contributed by atoms with Crippen LogP contribution in [0.25, 0.3) is 0 Å². The molecule has 0 unspecified atom stereocenters. The second kappa shape index (κ2) is 5.57. The van der Waals surface area contributed by atoms with E-state index in [0.717, 1.165) is 17.1 Å². The second-order valence-electron chi connectivity index (χ2n) is 3.73. The molecule has 0 saturated heterocycles. The number of nitrogens with one attached hydrogen (secondary N) is 1. The first-order valence-electron chi connectivity index (χ1n) is 4.57. The molecule has 0 heterocycles. The van der Waals surface area contributed by atoms with E-state index < -0.39 is 0 Å². The van der Waals surface area contributed by atoms with E-state index >= 15 is 0 Å². The number of allylic oxidation sites excluding steroid dienone is 2. The van der Waals surface area contributed by atoms with Crippen LogP contribution in [-0.2, 0) is 0 Å². The van der Waals surface area contributed by atoms with E-state index in [0.29, 0.717) is 6.04 Å². The third kappa shape index (κ3) is 7.32. The summed E-state index contributed by atoms with van der Waals surface area (Å²) in [4.78, 5) is 4.36. The van der Waals surface area contributed by atoms with Crippen LogP contribution in [0.5, 0.6) is 0 Å². The van der Waals surface area contributed by atoms with Crippen LogP contribution in [0.1, 0.15) is 34.6 Å². The lowest BCUT2D eigenvalue weighted by Crippen LogP contribution is -2.21. The van der Waals surface area contributed by atoms with E-state index in [1.54, 1.807) is 0 Å². The summed E-state index contributed by atoms with van der Waals surface area (Å²) in [5.74, 6) is 0.891. The molecule has 0 aliphatic rings. The van der Waals surface area contributed by atoms with Crippen molar-refractivity contribution in [3.8, 4) is 0 Å². The highest BCUT2D eigenvalue weighted by Gasteiger charge is 1.96. The molecular weight excluding hydrogens is 160 g/mol. The maximum absolute atomic E-state index is 4.36. The Morgan fingerprint density at radius 1 is 1.31 bits per heavy atom. The number of hydrogen-bond donors (Lipinski definition) is 1. The summed E-state index contributed by atoms with van der Waals surface area (Å²) >= 11 is 0. The molecule has 0 aromatic rings. The molecule has 0 bridgehead atoms. The van der Waals surface area contributed by atoms with Crippen LogP contribution in [0, 0.1) is 0 Å². The SMILES string of the molecule is C=C(C)/C=C(\N=C(C)C)NC(C)C. The van der Waals surface area contributed by atoms with Gasteiger partial charge < -0.3 is 5.32 Å². The minimum Gasteiger partial charge on any atom is -0.368 e. The topological polar surface area (TPSA) is 24.4 Å². The Balaban J connectivity index is 4.56.